The molecular weight excluding hydrogens is 507 g/mol. The van der Waals surface area contributed by atoms with E-state index in [1.165, 1.54) is 11.8 Å². The maximum Gasteiger partial charge on any atom is 0.287 e. The van der Waals surface area contributed by atoms with Crippen molar-refractivity contribution in [3.63, 3.8) is 0 Å². The molecule has 1 unspecified atom stereocenters. The summed E-state index contributed by atoms with van der Waals surface area (Å²) in [4.78, 5) is 16.6. The molecule has 31 heavy (non-hydrogen) atoms. The van der Waals surface area contributed by atoms with Gasteiger partial charge in [0, 0.05) is 31.7 Å². The number of ether oxygens (including phenoxy) is 1. The van der Waals surface area contributed by atoms with Crippen molar-refractivity contribution in [3.8, 4) is 0 Å². The Bertz CT molecular complexity index is 780. The summed E-state index contributed by atoms with van der Waals surface area (Å²) in [5.41, 5.74) is 2.02. The third-order valence-corrected chi connectivity index (χ3v) is 4.42. The van der Waals surface area contributed by atoms with Crippen molar-refractivity contribution in [2.75, 3.05) is 32.8 Å². The van der Waals surface area contributed by atoms with Crippen LogP contribution in [0, 0.1) is 12.8 Å². The SMILES string of the molecule is CCNC(=NCC(C)COCc1ccccc1)NCCCNC(=O)c1occc1C.I. The van der Waals surface area contributed by atoms with Gasteiger partial charge in [-0.25, -0.2) is 0 Å². The van der Waals surface area contributed by atoms with Gasteiger partial charge in [0.2, 0.25) is 0 Å². The van der Waals surface area contributed by atoms with Crippen molar-refractivity contribution in [1.82, 2.24) is 16.0 Å². The summed E-state index contributed by atoms with van der Waals surface area (Å²) in [6.45, 7) is 10.0. The Kier molecular flexibility index (Phi) is 13.6. The molecule has 1 aromatic carbocycles. The molecule has 2 rings (SSSR count). The number of guanidine groups is 1. The molecule has 1 aromatic heterocycles. The number of aliphatic imine (C=N–C) groups is 1. The molecule has 0 saturated carbocycles. The number of hydrogen-bond donors (Lipinski definition) is 3. The number of carbonyl (C=O) groups is 1. The zero-order chi connectivity index (χ0) is 21.6. The number of aryl methyl sites for hydroxylation is 1. The zero-order valence-corrected chi connectivity index (χ0v) is 21.0. The fraction of sp³-hybridized carbons (Fsp3) is 0.478. The fourth-order valence-corrected chi connectivity index (χ4v) is 2.78. The predicted molar refractivity (Wildman–Crippen MR) is 135 cm³/mol. The van der Waals surface area contributed by atoms with E-state index in [0.717, 1.165) is 24.5 Å². The van der Waals surface area contributed by atoms with Gasteiger partial charge >= 0.3 is 0 Å². The quantitative estimate of drug-likeness (QED) is 0.165. The number of halogens is 1. The van der Waals surface area contributed by atoms with Crippen LogP contribution in [-0.2, 0) is 11.3 Å². The molecule has 0 bridgehead atoms. The lowest BCUT2D eigenvalue weighted by Gasteiger charge is -2.14. The van der Waals surface area contributed by atoms with E-state index in [4.69, 9.17) is 9.15 Å². The first-order valence-electron chi connectivity index (χ1n) is 10.6. The van der Waals surface area contributed by atoms with Gasteiger partial charge in [-0.05, 0) is 37.8 Å². The van der Waals surface area contributed by atoms with Crippen LogP contribution in [0.25, 0.3) is 0 Å². The highest BCUT2D eigenvalue weighted by Gasteiger charge is 2.11. The van der Waals surface area contributed by atoms with E-state index in [2.05, 4.69) is 40.0 Å². The lowest BCUT2D eigenvalue weighted by molar-refractivity contribution is 0.0925. The summed E-state index contributed by atoms with van der Waals surface area (Å²) in [5, 5.41) is 9.42. The number of benzene rings is 1. The van der Waals surface area contributed by atoms with E-state index in [1.807, 2.05) is 32.0 Å². The number of rotatable bonds is 12. The Balaban J connectivity index is 0.00000480. The highest BCUT2D eigenvalue weighted by atomic mass is 127. The van der Waals surface area contributed by atoms with E-state index in [0.29, 0.717) is 44.5 Å². The smallest absolute Gasteiger partial charge is 0.287 e. The Morgan fingerprint density at radius 3 is 2.55 bits per heavy atom. The molecule has 1 atom stereocenters. The molecule has 2 aromatic rings. The summed E-state index contributed by atoms with van der Waals surface area (Å²) in [5.74, 6) is 1.30. The third-order valence-electron chi connectivity index (χ3n) is 4.42. The molecule has 0 radical (unpaired) electrons. The summed E-state index contributed by atoms with van der Waals surface area (Å²) >= 11 is 0. The van der Waals surface area contributed by atoms with Gasteiger partial charge in [0.15, 0.2) is 11.7 Å². The average molecular weight is 542 g/mol. The van der Waals surface area contributed by atoms with Crippen LogP contribution in [-0.4, -0.2) is 44.7 Å². The number of carbonyl (C=O) groups excluding carboxylic acids is 1. The second-order valence-electron chi connectivity index (χ2n) is 7.29. The van der Waals surface area contributed by atoms with E-state index in [9.17, 15) is 4.79 Å². The number of hydrogen-bond acceptors (Lipinski definition) is 4. The Morgan fingerprint density at radius 1 is 1.13 bits per heavy atom. The molecule has 8 heteroatoms. The van der Waals surface area contributed by atoms with Crippen molar-refractivity contribution in [1.29, 1.82) is 0 Å². The van der Waals surface area contributed by atoms with Crippen molar-refractivity contribution < 1.29 is 13.9 Å². The molecule has 0 aliphatic rings. The van der Waals surface area contributed by atoms with E-state index >= 15 is 0 Å². The van der Waals surface area contributed by atoms with Crippen LogP contribution in [0.1, 0.15) is 41.9 Å². The van der Waals surface area contributed by atoms with Gasteiger partial charge in [0.25, 0.3) is 5.91 Å². The average Bonchev–Trinajstić information content (AvgIpc) is 3.18. The van der Waals surface area contributed by atoms with Crippen molar-refractivity contribution >= 4 is 35.8 Å². The first-order chi connectivity index (χ1) is 14.6. The maximum absolute atomic E-state index is 12.0. The van der Waals surface area contributed by atoms with Crippen LogP contribution in [0.15, 0.2) is 52.1 Å². The van der Waals surface area contributed by atoms with Crippen LogP contribution < -0.4 is 16.0 Å². The molecule has 0 saturated heterocycles. The molecule has 1 heterocycles. The third kappa shape index (κ3) is 10.7. The zero-order valence-electron chi connectivity index (χ0n) is 18.6. The fourth-order valence-electron chi connectivity index (χ4n) is 2.78. The van der Waals surface area contributed by atoms with Crippen LogP contribution in [0.5, 0.6) is 0 Å². The molecule has 0 fully saturated rings. The van der Waals surface area contributed by atoms with Crippen LogP contribution >= 0.6 is 24.0 Å². The van der Waals surface area contributed by atoms with Crippen LogP contribution in [0.3, 0.4) is 0 Å². The van der Waals surface area contributed by atoms with Gasteiger partial charge in [-0.2, -0.15) is 0 Å². The van der Waals surface area contributed by atoms with E-state index in [1.54, 1.807) is 6.07 Å². The molecule has 7 nitrogen and oxygen atoms in total. The molecule has 3 N–H and O–H groups in total. The normalized spacial score (nSPS) is 12.0. The maximum atomic E-state index is 12.0. The van der Waals surface area contributed by atoms with Crippen molar-refractivity contribution in [3.05, 3.63) is 59.5 Å². The lowest BCUT2D eigenvalue weighted by atomic mass is 10.2. The minimum absolute atomic E-state index is 0. The minimum Gasteiger partial charge on any atom is -0.459 e. The predicted octanol–water partition coefficient (Wildman–Crippen LogP) is 3.73. The summed E-state index contributed by atoms with van der Waals surface area (Å²) < 4.78 is 11.0. The molecule has 0 aliphatic carbocycles. The molecule has 0 spiro atoms. The standard InChI is InChI=1S/C23H34N4O3.HI/c1-4-24-23(26-13-8-12-25-22(28)21-19(3)11-14-30-21)27-15-18(2)16-29-17-20-9-6-5-7-10-20;/h5-7,9-11,14,18H,4,8,12-13,15-17H2,1-3H3,(H,25,28)(H2,24,26,27);1H. The van der Waals surface area contributed by atoms with Gasteiger partial charge in [-0.3, -0.25) is 9.79 Å². The summed E-state index contributed by atoms with van der Waals surface area (Å²) in [6.07, 6.45) is 2.31. The van der Waals surface area contributed by atoms with Gasteiger partial charge in [-0.1, -0.05) is 37.3 Å². The highest BCUT2D eigenvalue weighted by molar-refractivity contribution is 14.0. The lowest BCUT2D eigenvalue weighted by Crippen LogP contribution is -2.39. The first-order valence-corrected chi connectivity index (χ1v) is 10.6. The van der Waals surface area contributed by atoms with Gasteiger partial charge < -0.3 is 25.1 Å². The molecule has 172 valence electrons. The van der Waals surface area contributed by atoms with E-state index < -0.39 is 0 Å². The minimum atomic E-state index is -0.178. The van der Waals surface area contributed by atoms with Gasteiger partial charge in [0.1, 0.15) is 0 Å². The number of nitrogens with zero attached hydrogens (tertiary/aromatic N) is 1. The number of furan rings is 1. The second kappa shape index (κ2) is 15.7. The van der Waals surface area contributed by atoms with Crippen molar-refractivity contribution in [2.45, 2.75) is 33.8 Å². The molecule has 1 amide bonds. The van der Waals surface area contributed by atoms with Crippen LogP contribution in [0.4, 0.5) is 0 Å². The van der Waals surface area contributed by atoms with Gasteiger partial charge in [-0.15, -0.1) is 24.0 Å². The van der Waals surface area contributed by atoms with Gasteiger partial charge in [0.05, 0.1) is 19.5 Å². The number of amides is 1. The second-order valence-corrected chi connectivity index (χ2v) is 7.29. The van der Waals surface area contributed by atoms with E-state index in [-0.39, 0.29) is 29.9 Å². The van der Waals surface area contributed by atoms with Crippen molar-refractivity contribution in [2.24, 2.45) is 10.9 Å². The monoisotopic (exact) mass is 542 g/mol. The Morgan fingerprint density at radius 2 is 1.87 bits per heavy atom. The Labute approximate surface area is 202 Å². The topological polar surface area (TPSA) is 87.9 Å². The molecule has 0 aliphatic heterocycles. The number of nitrogens with one attached hydrogen (secondary N) is 3. The highest BCUT2D eigenvalue weighted by Crippen LogP contribution is 2.08. The first kappa shape index (κ1) is 27.0. The Hall–Kier alpha value is -2.07. The largest absolute Gasteiger partial charge is 0.459 e. The summed E-state index contributed by atoms with van der Waals surface area (Å²) in [6, 6.07) is 11.9. The molecular formula is C23H35IN4O3. The van der Waals surface area contributed by atoms with Crippen LogP contribution in [0.2, 0.25) is 0 Å². The summed E-state index contributed by atoms with van der Waals surface area (Å²) in [7, 11) is 0.